The van der Waals surface area contributed by atoms with Gasteiger partial charge in [0, 0.05) is 5.57 Å². The van der Waals surface area contributed by atoms with E-state index in [0.29, 0.717) is 12.0 Å². The van der Waals surface area contributed by atoms with E-state index in [1.54, 1.807) is 12.2 Å². The van der Waals surface area contributed by atoms with Gasteiger partial charge in [-0.15, -0.1) is 0 Å². The quantitative estimate of drug-likeness (QED) is 0.423. The fourth-order valence-corrected chi connectivity index (χ4v) is 0.808. The largest absolute Gasteiger partial charge is 0.285 e. The van der Waals surface area contributed by atoms with Gasteiger partial charge in [-0.2, -0.15) is 0 Å². The summed E-state index contributed by atoms with van der Waals surface area (Å²) in [5, 5.41) is 0. The molecule has 11 heavy (non-hydrogen) atoms. The first-order valence-corrected chi connectivity index (χ1v) is 3.08. The van der Waals surface area contributed by atoms with Crippen LogP contribution in [0.2, 0.25) is 0 Å². The van der Waals surface area contributed by atoms with Crippen molar-refractivity contribution >= 4 is 17.9 Å². The van der Waals surface area contributed by atoms with Gasteiger partial charge in [-0.3, -0.25) is 14.4 Å². The minimum absolute atomic E-state index is 0.360. The molecule has 0 saturated heterocycles. The molecule has 0 heterocycles. The lowest BCUT2D eigenvalue weighted by atomic mass is 10.1. The highest BCUT2D eigenvalue weighted by atomic mass is 16.2. The molecule has 0 fully saturated rings. The molecule has 0 aromatic rings. The predicted molar refractivity (Wildman–Crippen MR) is 37.5 cm³/mol. The maximum absolute atomic E-state index is 10.9. The molecule has 0 saturated carbocycles. The Bertz CT molecular complexity index is 271. The van der Waals surface area contributed by atoms with Crippen LogP contribution in [0.4, 0.5) is 0 Å². The van der Waals surface area contributed by atoms with Crippen molar-refractivity contribution in [2.24, 2.45) is 0 Å². The molecule has 0 aromatic carbocycles. The van der Waals surface area contributed by atoms with Gasteiger partial charge in [-0.1, -0.05) is 18.2 Å². The monoisotopic (exact) mass is 149 g/mol. The number of allylic oxidation sites excluding steroid dienone is 4. The molecule has 0 bridgehead atoms. The van der Waals surface area contributed by atoms with Gasteiger partial charge < -0.3 is 0 Å². The predicted octanol–water partition coefficient (Wildman–Crippen LogP) is 0.121. The molecule has 55 valence electrons. The van der Waals surface area contributed by atoms with Gasteiger partial charge in [0.15, 0.2) is 0 Å². The number of rotatable bonds is 3. The summed E-state index contributed by atoms with van der Waals surface area (Å²) >= 11 is 0. The average Bonchev–Trinajstić information content (AvgIpc) is 2.53. The van der Waals surface area contributed by atoms with E-state index in [1.165, 1.54) is 6.08 Å². The van der Waals surface area contributed by atoms with Gasteiger partial charge in [0.05, 0.1) is 0 Å². The molecule has 1 rings (SSSR count). The zero-order chi connectivity index (χ0) is 8.27. The normalized spacial score (nSPS) is 14.4. The third kappa shape index (κ3) is 1.49. The van der Waals surface area contributed by atoms with Crippen LogP contribution in [0.1, 0.15) is 6.42 Å². The van der Waals surface area contributed by atoms with E-state index in [2.05, 4.69) is 0 Å². The maximum Gasteiger partial charge on any atom is 0.281 e. The van der Waals surface area contributed by atoms with Gasteiger partial charge >= 0.3 is 0 Å². The van der Waals surface area contributed by atoms with E-state index in [0.717, 1.165) is 6.29 Å². The first-order valence-electron chi connectivity index (χ1n) is 3.08. The second-order valence-corrected chi connectivity index (χ2v) is 2.08. The summed E-state index contributed by atoms with van der Waals surface area (Å²) in [5.41, 5.74) is 0.360. The third-order valence-electron chi connectivity index (χ3n) is 1.36. The Morgan fingerprint density at radius 1 is 1.45 bits per heavy atom. The average molecular weight is 149 g/mol. The van der Waals surface area contributed by atoms with Crippen molar-refractivity contribution in [3.05, 3.63) is 23.8 Å². The van der Waals surface area contributed by atoms with Crippen LogP contribution in [-0.4, -0.2) is 17.9 Å². The number of ketones is 2. The lowest BCUT2D eigenvalue weighted by molar-refractivity contribution is -0.130. The van der Waals surface area contributed by atoms with Crippen LogP contribution >= 0.6 is 0 Å². The summed E-state index contributed by atoms with van der Waals surface area (Å²) in [6.45, 7) is 0. The zero-order valence-electron chi connectivity index (χ0n) is 5.66. The van der Waals surface area contributed by atoms with Gasteiger partial charge in [0.1, 0.15) is 0 Å². The second kappa shape index (κ2) is 3.05. The van der Waals surface area contributed by atoms with Crippen LogP contribution in [0.15, 0.2) is 23.8 Å². The van der Waals surface area contributed by atoms with Crippen LogP contribution in [-0.2, 0) is 14.4 Å². The topological polar surface area (TPSA) is 51.2 Å². The summed E-state index contributed by atoms with van der Waals surface area (Å²) in [4.78, 5) is 31.1. The minimum Gasteiger partial charge on any atom is -0.285 e. The highest BCUT2D eigenvalue weighted by Gasteiger charge is 2.18. The molecule has 1 radical (unpaired) electrons. The smallest absolute Gasteiger partial charge is 0.281 e. The van der Waals surface area contributed by atoms with Crippen molar-refractivity contribution in [1.29, 1.82) is 0 Å². The molecule has 0 N–H and O–H groups in total. The Morgan fingerprint density at radius 2 is 2.18 bits per heavy atom. The highest BCUT2D eigenvalue weighted by molar-refractivity contribution is 6.61. The molecule has 0 amide bonds. The summed E-state index contributed by atoms with van der Waals surface area (Å²) < 4.78 is 0. The van der Waals surface area contributed by atoms with E-state index in [4.69, 9.17) is 0 Å². The molecular weight excluding hydrogens is 144 g/mol. The Morgan fingerprint density at radius 3 is 2.64 bits per heavy atom. The molecule has 0 aromatic heterocycles. The van der Waals surface area contributed by atoms with Crippen molar-refractivity contribution in [3.63, 3.8) is 0 Å². The molecule has 3 heteroatoms. The summed E-state index contributed by atoms with van der Waals surface area (Å²) in [5.74, 6) is -1.84. The van der Waals surface area contributed by atoms with Crippen molar-refractivity contribution < 1.29 is 14.4 Å². The van der Waals surface area contributed by atoms with E-state index < -0.39 is 11.6 Å². The first-order chi connectivity index (χ1) is 5.25. The van der Waals surface area contributed by atoms with Crippen LogP contribution in [0.5, 0.6) is 0 Å². The van der Waals surface area contributed by atoms with E-state index in [1.807, 2.05) is 0 Å². The van der Waals surface area contributed by atoms with Crippen LogP contribution < -0.4 is 0 Å². The summed E-state index contributed by atoms with van der Waals surface area (Å²) in [7, 11) is 0. The fraction of sp³-hybridized carbons (Fsp3) is 0.125. The molecular formula is C8H5O3. The number of hydrogen-bond donors (Lipinski definition) is 0. The van der Waals surface area contributed by atoms with E-state index in [-0.39, 0.29) is 0 Å². The fourth-order valence-electron chi connectivity index (χ4n) is 0.808. The Labute approximate surface area is 63.4 Å². The summed E-state index contributed by atoms with van der Waals surface area (Å²) in [6, 6.07) is 0. The molecule has 1 aliphatic rings. The first kappa shape index (κ1) is 7.60. The highest BCUT2D eigenvalue weighted by Crippen LogP contribution is 2.10. The number of hydrogen-bond acceptors (Lipinski definition) is 3. The molecule has 1 aliphatic carbocycles. The van der Waals surface area contributed by atoms with Crippen LogP contribution in [0, 0.1) is 0 Å². The standard InChI is InChI=1S/C8H5O3/c9-5-7(10)8(11)6-3-1-2-4-6/h1-3H,4H2. The molecule has 0 atom stereocenters. The third-order valence-corrected chi connectivity index (χ3v) is 1.36. The Kier molecular flexibility index (Phi) is 2.11. The van der Waals surface area contributed by atoms with Crippen LogP contribution in [0.25, 0.3) is 0 Å². The van der Waals surface area contributed by atoms with Gasteiger partial charge in [-0.05, 0) is 6.42 Å². The Hall–Kier alpha value is -1.51. The number of Topliss-reactive ketones (excluding diaryl/α,β-unsaturated/α-hetero) is 2. The van der Waals surface area contributed by atoms with Gasteiger partial charge in [-0.25, -0.2) is 0 Å². The molecule has 0 unspecified atom stereocenters. The van der Waals surface area contributed by atoms with Crippen molar-refractivity contribution in [2.45, 2.75) is 6.42 Å². The number of carbonyl (C=O) groups excluding carboxylic acids is 3. The van der Waals surface area contributed by atoms with Crippen molar-refractivity contribution in [3.8, 4) is 0 Å². The second-order valence-electron chi connectivity index (χ2n) is 2.08. The van der Waals surface area contributed by atoms with Gasteiger partial charge in [0.25, 0.3) is 12.1 Å². The molecule has 0 spiro atoms. The van der Waals surface area contributed by atoms with Gasteiger partial charge in [0.2, 0.25) is 5.78 Å². The van der Waals surface area contributed by atoms with Crippen molar-refractivity contribution in [2.75, 3.05) is 0 Å². The molecule has 3 nitrogen and oxygen atoms in total. The van der Waals surface area contributed by atoms with E-state index in [9.17, 15) is 14.4 Å². The van der Waals surface area contributed by atoms with Crippen LogP contribution in [0.3, 0.4) is 0 Å². The Balaban J connectivity index is 2.70. The zero-order valence-corrected chi connectivity index (χ0v) is 5.66. The summed E-state index contributed by atoms with van der Waals surface area (Å²) in [6.07, 6.45) is 6.41. The molecule has 0 aliphatic heterocycles. The SMILES string of the molecule is O=[C]C(=O)C(=O)C1=CC=CC1. The number of carbonyl (C=O) groups is 2. The van der Waals surface area contributed by atoms with Crippen molar-refractivity contribution in [1.82, 2.24) is 0 Å². The maximum atomic E-state index is 10.9. The lowest BCUT2D eigenvalue weighted by Gasteiger charge is -1.91. The lowest BCUT2D eigenvalue weighted by Crippen LogP contribution is -2.16. The van der Waals surface area contributed by atoms with E-state index >= 15 is 0 Å². The minimum atomic E-state index is -1.10.